The van der Waals surface area contributed by atoms with Gasteiger partial charge in [-0.2, -0.15) is 5.10 Å². The molecule has 0 aliphatic heterocycles. The van der Waals surface area contributed by atoms with Gasteiger partial charge in [0, 0.05) is 17.8 Å². The van der Waals surface area contributed by atoms with Gasteiger partial charge in [-0.05, 0) is 25.0 Å². The summed E-state index contributed by atoms with van der Waals surface area (Å²) in [5.74, 6) is 0.0480. The lowest BCUT2D eigenvalue weighted by atomic mass is 9.96. The largest absolute Gasteiger partial charge is 0.354 e. The molecule has 1 aromatic heterocycles. The van der Waals surface area contributed by atoms with Gasteiger partial charge in [-0.25, -0.2) is 4.68 Å². The number of nitrogens with zero attached hydrogens (tertiary/aromatic N) is 2. The molecule has 0 aliphatic rings. The maximum Gasteiger partial charge on any atom is 0.275 e. The van der Waals surface area contributed by atoms with Crippen LogP contribution in [-0.2, 0) is 11.3 Å². The standard InChI is InChI=1S/C21H23N3O2/c1-3-16(17-9-5-4-6-10-17)13-22-20(25)14-24-21(26)19-12-8-7-11-18(19)15(2)23-24/h4-12,16H,3,13-14H2,1-2H3,(H,22,25). The maximum absolute atomic E-state index is 12.6. The van der Waals surface area contributed by atoms with Gasteiger partial charge in [0.05, 0.1) is 11.1 Å². The first-order valence-corrected chi connectivity index (χ1v) is 8.88. The van der Waals surface area contributed by atoms with Crippen LogP contribution in [-0.4, -0.2) is 22.2 Å². The summed E-state index contributed by atoms with van der Waals surface area (Å²) < 4.78 is 1.25. The first-order valence-electron chi connectivity index (χ1n) is 8.88. The number of carbonyl (C=O) groups is 1. The second-order valence-corrected chi connectivity index (χ2v) is 6.41. The Morgan fingerprint density at radius 3 is 2.42 bits per heavy atom. The Morgan fingerprint density at radius 2 is 1.73 bits per heavy atom. The van der Waals surface area contributed by atoms with Crippen LogP contribution in [0.15, 0.2) is 59.4 Å². The number of fused-ring (bicyclic) bond motifs is 1. The van der Waals surface area contributed by atoms with E-state index in [1.807, 2.05) is 43.3 Å². The van der Waals surface area contributed by atoms with E-state index in [9.17, 15) is 9.59 Å². The molecule has 1 amide bonds. The smallest absolute Gasteiger partial charge is 0.275 e. The third kappa shape index (κ3) is 3.82. The van der Waals surface area contributed by atoms with Crippen molar-refractivity contribution >= 4 is 16.7 Å². The number of rotatable bonds is 6. The van der Waals surface area contributed by atoms with Crippen LogP contribution in [0, 0.1) is 6.92 Å². The molecule has 0 saturated carbocycles. The van der Waals surface area contributed by atoms with E-state index in [1.165, 1.54) is 10.2 Å². The number of hydrogen-bond donors (Lipinski definition) is 1. The number of carbonyl (C=O) groups excluding carboxylic acids is 1. The second kappa shape index (κ2) is 7.95. The van der Waals surface area contributed by atoms with Crippen molar-refractivity contribution in [2.45, 2.75) is 32.7 Å². The summed E-state index contributed by atoms with van der Waals surface area (Å²) in [5.41, 5.74) is 1.70. The van der Waals surface area contributed by atoms with Gasteiger partial charge in [0.25, 0.3) is 5.56 Å². The number of benzene rings is 2. The molecule has 0 saturated heterocycles. The fourth-order valence-corrected chi connectivity index (χ4v) is 3.16. The Labute approximate surface area is 152 Å². The van der Waals surface area contributed by atoms with Gasteiger partial charge >= 0.3 is 0 Å². The van der Waals surface area contributed by atoms with Gasteiger partial charge in [0.2, 0.25) is 5.91 Å². The molecule has 5 heteroatoms. The molecule has 2 aromatic carbocycles. The molecule has 1 unspecified atom stereocenters. The number of nitrogens with one attached hydrogen (secondary N) is 1. The molecule has 0 radical (unpaired) electrons. The first-order chi connectivity index (χ1) is 12.6. The van der Waals surface area contributed by atoms with Crippen molar-refractivity contribution in [3.8, 4) is 0 Å². The fraction of sp³-hybridized carbons (Fsp3) is 0.286. The average Bonchev–Trinajstić information content (AvgIpc) is 2.67. The highest BCUT2D eigenvalue weighted by atomic mass is 16.2. The molecular weight excluding hydrogens is 326 g/mol. The number of hydrogen-bond acceptors (Lipinski definition) is 3. The van der Waals surface area contributed by atoms with Crippen molar-refractivity contribution in [2.75, 3.05) is 6.54 Å². The summed E-state index contributed by atoms with van der Waals surface area (Å²) >= 11 is 0. The highest BCUT2D eigenvalue weighted by molar-refractivity contribution is 5.83. The van der Waals surface area contributed by atoms with E-state index in [4.69, 9.17) is 0 Å². The van der Waals surface area contributed by atoms with Crippen LogP contribution in [0.5, 0.6) is 0 Å². The number of aryl methyl sites for hydroxylation is 1. The van der Waals surface area contributed by atoms with Crippen molar-refractivity contribution in [3.63, 3.8) is 0 Å². The molecule has 0 fully saturated rings. The molecule has 3 rings (SSSR count). The monoisotopic (exact) mass is 349 g/mol. The summed E-state index contributed by atoms with van der Waals surface area (Å²) in [5, 5.41) is 8.64. The Morgan fingerprint density at radius 1 is 1.08 bits per heavy atom. The number of amides is 1. The van der Waals surface area contributed by atoms with Crippen LogP contribution in [0.4, 0.5) is 0 Å². The minimum atomic E-state index is -0.239. The van der Waals surface area contributed by atoms with Crippen LogP contribution < -0.4 is 10.9 Å². The second-order valence-electron chi connectivity index (χ2n) is 6.41. The Balaban J connectivity index is 1.71. The van der Waals surface area contributed by atoms with Crippen LogP contribution >= 0.6 is 0 Å². The Kier molecular flexibility index (Phi) is 5.46. The van der Waals surface area contributed by atoms with E-state index in [2.05, 4.69) is 29.5 Å². The Bertz CT molecular complexity index is 964. The fourth-order valence-electron chi connectivity index (χ4n) is 3.16. The molecule has 134 valence electrons. The summed E-state index contributed by atoms with van der Waals surface area (Å²) in [6.07, 6.45) is 0.928. The van der Waals surface area contributed by atoms with E-state index >= 15 is 0 Å². The third-order valence-corrected chi connectivity index (χ3v) is 4.66. The quantitative estimate of drug-likeness (QED) is 0.744. The van der Waals surface area contributed by atoms with Crippen molar-refractivity contribution in [1.82, 2.24) is 15.1 Å². The number of aromatic nitrogens is 2. The Hall–Kier alpha value is -2.95. The van der Waals surface area contributed by atoms with E-state index in [0.717, 1.165) is 17.5 Å². The van der Waals surface area contributed by atoms with Crippen molar-refractivity contribution in [1.29, 1.82) is 0 Å². The van der Waals surface area contributed by atoms with Gasteiger partial charge in [0.1, 0.15) is 6.54 Å². The molecule has 3 aromatic rings. The van der Waals surface area contributed by atoms with Gasteiger partial charge < -0.3 is 5.32 Å². The van der Waals surface area contributed by atoms with Crippen molar-refractivity contribution < 1.29 is 4.79 Å². The van der Waals surface area contributed by atoms with Gasteiger partial charge in [-0.1, -0.05) is 55.5 Å². The zero-order valence-corrected chi connectivity index (χ0v) is 15.1. The predicted octanol–water partition coefficient (Wildman–Crippen LogP) is 3.01. The van der Waals surface area contributed by atoms with E-state index in [1.54, 1.807) is 6.07 Å². The van der Waals surface area contributed by atoms with E-state index in [-0.39, 0.29) is 23.9 Å². The minimum Gasteiger partial charge on any atom is -0.354 e. The van der Waals surface area contributed by atoms with Crippen molar-refractivity contribution in [3.05, 3.63) is 76.2 Å². The summed E-state index contributed by atoms with van der Waals surface area (Å²) in [6.45, 7) is 4.41. The van der Waals surface area contributed by atoms with Crippen molar-refractivity contribution in [2.24, 2.45) is 0 Å². The zero-order chi connectivity index (χ0) is 18.5. The van der Waals surface area contributed by atoms with Gasteiger partial charge in [-0.3, -0.25) is 9.59 Å². The lowest BCUT2D eigenvalue weighted by molar-refractivity contribution is -0.122. The molecule has 0 spiro atoms. The molecule has 0 bridgehead atoms. The molecule has 1 atom stereocenters. The molecule has 0 aliphatic carbocycles. The van der Waals surface area contributed by atoms with Gasteiger partial charge in [-0.15, -0.1) is 0 Å². The van der Waals surface area contributed by atoms with Crippen LogP contribution in [0.2, 0.25) is 0 Å². The summed E-state index contributed by atoms with van der Waals surface area (Å²) in [4.78, 5) is 24.9. The molecule has 26 heavy (non-hydrogen) atoms. The van der Waals surface area contributed by atoms with E-state index < -0.39 is 0 Å². The highest BCUT2D eigenvalue weighted by Crippen LogP contribution is 2.18. The molecular formula is C21H23N3O2. The lowest BCUT2D eigenvalue weighted by Crippen LogP contribution is -2.36. The summed E-state index contributed by atoms with van der Waals surface area (Å²) in [7, 11) is 0. The first kappa shape index (κ1) is 17.9. The summed E-state index contributed by atoms with van der Waals surface area (Å²) in [6, 6.07) is 17.5. The zero-order valence-electron chi connectivity index (χ0n) is 15.1. The topological polar surface area (TPSA) is 64.0 Å². The molecule has 1 heterocycles. The third-order valence-electron chi connectivity index (χ3n) is 4.66. The minimum absolute atomic E-state index is 0.0737. The average molecular weight is 349 g/mol. The van der Waals surface area contributed by atoms with Crippen LogP contribution in [0.1, 0.15) is 30.5 Å². The SMILES string of the molecule is CCC(CNC(=O)Cn1nc(C)c2ccccc2c1=O)c1ccccc1. The highest BCUT2D eigenvalue weighted by Gasteiger charge is 2.13. The molecule has 1 N–H and O–H groups in total. The normalized spacial score (nSPS) is 12.1. The maximum atomic E-state index is 12.6. The lowest BCUT2D eigenvalue weighted by Gasteiger charge is -2.16. The van der Waals surface area contributed by atoms with Crippen LogP contribution in [0.25, 0.3) is 10.8 Å². The predicted molar refractivity (Wildman–Crippen MR) is 103 cm³/mol. The molecule has 5 nitrogen and oxygen atoms in total. The van der Waals surface area contributed by atoms with Gasteiger partial charge in [0.15, 0.2) is 0 Å². The van der Waals surface area contributed by atoms with E-state index in [0.29, 0.717) is 11.9 Å². The van der Waals surface area contributed by atoms with Crippen LogP contribution in [0.3, 0.4) is 0 Å².